The van der Waals surface area contributed by atoms with E-state index in [9.17, 15) is 4.39 Å². The number of hydrogen-bond donors (Lipinski definition) is 2. The van der Waals surface area contributed by atoms with Gasteiger partial charge in [-0.15, -0.1) is 0 Å². The fourth-order valence-corrected chi connectivity index (χ4v) is 3.59. The van der Waals surface area contributed by atoms with Crippen molar-refractivity contribution in [1.29, 1.82) is 0 Å². The van der Waals surface area contributed by atoms with Gasteiger partial charge in [0.25, 0.3) is 0 Å². The molecule has 168 valence electrons. The summed E-state index contributed by atoms with van der Waals surface area (Å²) in [4.78, 5) is 13.8. The minimum absolute atomic E-state index is 0.174. The average molecular weight is 429 g/mol. The van der Waals surface area contributed by atoms with Crippen LogP contribution in [0.1, 0.15) is 19.4 Å². The molecule has 1 aliphatic heterocycles. The molecule has 0 bridgehead atoms. The van der Waals surface area contributed by atoms with Gasteiger partial charge in [-0.05, 0) is 55.8 Å². The molecule has 1 unspecified atom stereocenters. The van der Waals surface area contributed by atoms with E-state index in [1.54, 1.807) is 7.11 Å². The summed E-state index contributed by atoms with van der Waals surface area (Å²) in [5.41, 5.74) is 2.17. The third-order valence-corrected chi connectivity index (χ3v) is 5.17. The Labute approximate surface area is 184 Å². The first-order valence-corrected chi connectivity index (χ1v) is 10.8. The van der Waals surface area contributed by atoms with Crippen molar-refractivity contribution in [3.05, 3.63) is 54.0 Å². The molecule has 2 aromatic rings. The minimum Gasteiger partial charge on any atom is -0.383 e. The Balaban J connectivity index is 1.59. The number of methoxy groups -OCH3 is 1. The predicted octanol–water partition coefficient (Wildman–Crippen LogP) is 2.64. The topological polar surface area (TPSA) is 65.0 Å². The number of aliphatic imine (C=N–C) groups is 1. The number of pyridine rings is 1. The summed E-state index contributed by atoms with van der Waals surface area (Å²) < 4.78 is 18.4. The van der Waals surface area contributed by atoms with Gasteiger partial charge < -0.3 is 25.2 Å². The largest absolute Gasteiger partial charge is 0.383 e. The molecule has 1 saturated heterocycles. The van der Waals surface area contributed by atoms with Gasteiger partial charge in [0.15, 0.2) is 5.96 Å². The van der Waals surface area contributed by atoms with Crippen LogP contribution < -0.4 is 20.4 Å². The third kappa shape index (κ3) is 6.82. The Morgan fingerprint density at radius 2 is 1.87 bits per heavy atom. The zero-order chi connectivity index (χ0) is 22.1. The van der Waals surface area contributed by atoms with Crippen molar-refractivity contribution >= 4 is 17.5 Å². The highest BCUT2D eigenvalue weighted by Crippen LogP contribution is 2.20. The van der Waals surface area contributed by atoms with Gasteiger partial charge in [-0.1, -0.05) is 0 Å². The number of rotatable bonds is 8. The Bertz CT molecular complexity index is 836. The van der Waals surface area contributed by atoms with Crippen molar-refractivity contribution in [2.75, 3.05) is 56.2 Å². The van der Waals surface area contributed by atoms with E-state index in [1.165, 1.54) is 12.1 Å². The Hall–Kier alpha value is -2.87. The van der Waals surface area contributed by atoms with Crippen LogP contribution >= 0.6 is 0 Å². The maximum absolute atomic E-state index is 13.2. The molecule has 31 heavy (non-hydrogen) atoms. The van der Waals surface area contributed by atoms with Gasteiger partial charge in [-0.25, -0.2) is 14.4 Å². The summed E-state index contributed by atoms with van der Waals surface area (Å²) in [5.74, 6) is 1.54. The average Bonchev–Trinajstić information content (AvgIpc) is 2.79. The van der Waals surface area contributed by atoms with Crippen LogP contribution in [0.4, 0.5) is 15.9 Å². The number of aromatic nitrogens is 1. The van der Waals surface area contributed by atoms with Gasteiger partial charge in [-0.3, -0.25) is 0 Å². The Morgan fingerprint density at radius 3 is 2.55 bits per heavy atom. The number of guanidine groups is 1. The molecule has 1 aromatic carbocycles. The van der Waals surface area contributed by atoms with Crippen molar-refractivity contribution in [1.82, 2.24) is 15.6 Å². The number of nitrogens with one attached hydrogen (secondary N) is 2. The quantitative estimate of drug-likeness (QED) is 0.498. The smallest absolute Gasteiger partial charge is 0.191 e. The monoisotopic (exact) mass is 428 g/mol. The number of piperazine rings is 1. The van der Waals surface area contributed by atoms with Gasteiger partial charge in [-0.2, -0.15) is 0 Å². The van der Waals surface area contributed by atoms with Crippen molar-refractivity contribution in [2.24, 2.45) is 4.99 Å². The molecule has 0 amide bonds. The van der Waals surface area contributed by atoms with Crippen LogP contribution in [0.25, 0.3) is 0 Å². The van der Waals surface area contributed by atoms with Crippen LogP contribution in [0, 0.1) is 5.82 Å². The second-order valence-electron chi connectivity index (χ2n) is 7.67. The lowest BCUT2D eigenvalue weighted by molar-refractivity contribution is 0.179. The maximum atomic E-state index is 13.2. The van der Waals surface area contributed by atoms with Crippen LogP contribution in [0.5, 0.6) is 0 Å². The van der Waals surface area contributed by atoms with Crippen LogP contribution in [-0.4, -0.2) is 63.4 Å². The summed E-state index contributed by atoms with van der Waals surface area (Å²) >= 11 is 0. The number of halogens is 1. The minimum atomic E-state index is -0.202. The molecule has 7 nitrogen and oxygen atoms in total. The number of benzene rings is 1. The van der Waals surface area contributed by atoms with Crippen LogP contribution in [0.2, 0.25) is 0 Å². The number of hydrogen-bond acceptors (Lipinski definition) is 5. The van der Waals surface area contributed by atoms with E-state index in [-0.39, 0.29) is 11.9 Å². The normalized spacial score (nSPS) is 15.7. The van der Waals surface area contributed by atoms with E-state index in [2.05, 4.69) is 38.4 Å². The van der Waals surface area contributed by atoms with Crippen molar-refractivity contribution in [2.45, 2.75) is 26.4 Å². The lowest BCUT2D eigenvalue weighted by atomic mass is 10.2. The molecule has 0 radical (unpaired) electrons. The van der Waals surface area contributed by atoms with Crippen molar-refractivity contribution in [3.63, 3.8) is 0 Å². The molecule has 0 aliphatic carbocycles. The fourth-order valence-electron chi connectivity index (χ4n) is 3.59. The van der Waals surface area contributed by atoms with Crippen LogP contribution in [0.3, 0.4) is 0 Å². The highest BCUT2D eigenvalue weighted by Gasteiger charge is 2.18. The molecular formula is C23H33FN6O. The van der Waals surface area contributed by atoms with Crippen LogP contribution in [-0.2, 0) is 11.3 Å². The van der Waals surface area contributed by atoms with Gasteiger partial charge in [0.1, 0.15) is 11.6 Å². The summed E-state index contributed by atoms with van der Waals surface area (Å²) in [7, 11) is 1.69. The molecule has 2 N–H and O–H groups in total. The lowest BCUT2D eigenvalue weighted by Gasteiger charge is -2.36. The second kappa shape index (κ2) is 11.5. The van der Waals surface area contributed by atoms with E-state index in [0.29, 0.717) is 13.2 Å². The highest BCUT2D eigenvalue weighted by molar-refractivity contribution is 5.80. The van der Waals surface area contributed by atoms with Crippen molar-refractivity contribution in [3.8, 4) is 0 Å². The van der Waals surface area contributed by atoms with E-state index < -0.39 is 0 Å². The summed E-state index contributed by atoms with van der Waals surface area (Å²) in [5, 5.41) is 6.62. The zero-order valence-electron chi connectivity index (χ0n) is 18.6. The summed E-state index contributed by atoms with van der Waals surface area (Å²) in [6.07, 6.45) is 1.85. The van der Waals surface area contributed by atoms with E-state index in [0.717, 1.165) is 55.8 Å². The van der Waals surface area contributed by atoms with E-state index in [1.807, 2.05) is 31.3 Å². The molecule has 1 atom stereocenters. The van der Waals surface area contributed by atoms with Crippen LogP contribution in [0.15, 0.2) is 47.6 Å². The molecule has 8 heteroatoms. The van der Waals surface area contributed by atoms with Gasteiger partial charge in [0, 0.05) is 57.8 Å². The van der Waals surface area contributed by atoms with Gasteiger partial charge >= 0.3 is 0 Å². The zero-order valence-corrected chi connectivity index (χ0v) is 18.6. The van der Waals surface area contributed by atoms with Gasteiger partial charge in [0.2, 0.25) is 0 Å². The maximum Gasteiger partial charge on any atom is 0.191 e. The molecule has 1 fully saturated rings. The second-order valence-corrected chi connectivity index (χ2v) is 7.67. The Kier molecular flexibility index (Phi) is 8.46. The van der Waals surface area contributed by atoms with Crippen molar-refractivity contribution < 1.29 is 9.13 Å². The molecule has 3 rings (SSSR count). The SMILES string of the molecule is CCNC(=NCc1ccnc(N2CCN(c3ccc(F)cc3)CC2)c1)NC(C)COC. The highest BCUT2D eigenvalue weighted by atomic mass is 19.1. The first-order chi connectivity index (χ1) is 15.1. The summed E-state index contributed by atoms with van der Waals surface area (Å²) in [6.45, 7) is 9.59. The molecule has 1 aliphatic rings. The molecule has 1 aromatic heterocycles. The standard InChI is InChI=1S/C23H33FN6O/c1-4-25-23(28-18(2)17-31-3)27-16-19-9-10-26-22(15-19)30-13-11-29(12-14-30)21-7-5-20(24)6-8-21/h5-10,15,18H,4,11-14,16-17H2,1-3H3,(H2,25,27,28). The first-order valence-electron chi connectivity index (χ1n) is 10.8. The van der Waals surface area contributed by atoms with Gasteiger partial charge in [0.05, 0.1) is 13.2 Å². The predicted molar refractivity (Wildman–Crippen MR) is 124 cm³/mol. The lowest BCUT2D eigenvalue weighted by Crippen LogP contribution is -2.46. The molecule has 0 spiro atoms. The summed E-state index contributed by atoms with van der Waals surface area (Å²) in [6, 6.07) is 11.0. The number of anilines is 2. The molecular weight excluding hydrogens is 395 g/mol. The number of ether oxygens (including phenoxy) is 1. The first kappa shape index (κ1) is 22.8. The Morgan fingerprint density at radius 1 is 1.16 bits per heavy atom. The fraction of sp³-hybridized carbons (Fsp3) is 0.478. The number of nitrogens with zero attached hydrogens (tertiary/aromatic N) is 4. The third-order valence-electron chi connectivity index (χ3n) is 5.17. The molecule has 0 saturated carbocycles. The molecule has 2 heterocycles. The van der Waals surface area contributed by atoms with E-state index >= 15 is 0 Å². The van der Waals surface area contributed by atoms with E-state index in [4.69, 9.17) is 9.73 Å².